The zero-order chi connectivity index (χ0) is 46.2. The second kappa shape index (κ2) is 18.5. The molecule has 0 spiro atoms. The lowest BCUT2D eigenvalue weighted by Crippen LogP contribution is -2.43. The Morgan fingerprint density at radius 2 is 1.52 bits per heavy atom. The lowest BCUT2D eigenvalue weighted by atomic mass is 9.87. The highest BCUT2D eigenvalue weighted by Crippen LogP contribution is 2.44. The number of carbonyl (C=O) groups is 3. The lowest BCUT2D eigenvalue weighted by Gasteiger charge is -2.36. The summed E-state index contributed by atoms with van der Waals surface area (Å²) >= 11 is 0. The third-order valence-corrected chi connectivity index (χ3v) is 14.1. The number of nitrogens with zero attached hydrogens (tertiary/aromatic N) is 6. The van der Waals surface area contributed by atoms with Gasteiger partial charge in [0.15, 0.2) is 0 Å². The predicted molar refractivity (Wildman–Crippen MR) is 255 cm³/mol. The van der Waals surface area contributed by atoms with Crippen LogP contribution in [0.15, 0.2) is 91.0 Å². The van der Waals surface area contributed by atoms with Crippen molar-refractivity contribution < 1.29 is 24.2 Å². The van der Waals surface area contributed by atoms with Gasteiger partial charge in [0.05, 0.1) is 30.9 Å². The molecule has 0 unspecified atom stereocenters. The van der Waals surface area contributed by atoms with Gasteiger partial charge in [0.25, 0.3) is 11.8 Å². The summed E-state index contributed by atoms with van der Waals surface area (Å²) in [6, 6.07) is 31.1. The molecule has 1 fully saturated rings. The molecule has 0 aliphatic carbocycles. The number of anilines is 1. The number of rotatable bonds is 10. The van der Waals surface area contributed by atoms with E-state index in [9.17, 15) is 20.0 Å². The van der Waals surface area contributed by atoms with Crippen molar-refractivity contribution in [2.75, 3.05) is 44.7 Å². The maximum absolute atomic E-state index is 15.4. The first-order chi connectivity index (χ1) is 31.9. The molecule has 9 rings (SSSR count). The smallest absolute Gasteiger partial charge is 0.258 e. The van der Waals surface area contributed by atoms with Gasteiger partial charge < -0.3 is 34.1 Å². The number of morpholine rings is 1. The largest absolute Gasteiger partial charge is 0.508 e. The second-order valence-corrected chi connectivity index (χ2v) is 18.1. The standard InChI is InChI=1S/C54H57N7O5/c1-34-26-39-8-6-7-9-41(39)33-61(34)54(65)48-29-42-32-60(49(63)27-38-12-10-37(11-13-38)18-20-59-22-24-66-25-23-59)21-19-40(42)28-47(48)52-51(46-30-44(31-55)57(4)35(46)2)50(36(3)58(52)5)53(64)56-43-14-16-45(62)17-15-43/h6-17,28-30,34,62H,18-27,32-33H2,1-5H3,(H,56,64)/t34-/m1/s1. The van der Waals surface area contributed by atoms with E-state index in [4.69, 9.17) is 4.74 Å². The average Bonchev–Trinajstić information content (AvgIpc) is 3.77. The zero-order valence-corrected chi connectivity index (χ0v) is 38.5. The molecule has 3 aliphatic heterocycles. The summed E-state index contributed by atoms with van der Waals surface area (Å²) in [7, 11) is 3.75. The fraction of sp³-hybridized carbons (Fsp3) is 0.333. The van der Waals surface area contributed by atoms with Crippen molar-refractivity contribution >= 4 is 23.4 Å². The molecule has 3 amide bonds. The Labute approximate surface area is 386 Å². The highest BCUT2D eigenvalue weighted by atomic mass is 16.5. The maximum Gasteiger partial charge on any atom is 0.258 e. The number of phenols is 1. The number of benzene rings is 4. The third kappa shape index (κ3) is 8.64. The van der Waals surface area contributed by atoms with Crippen LogP contribution in [0.2, 0.25) is 0 Å². The van der Waals surface area contributed by atoms with Crippen LogP contribution in [0.1, 0.15) is 78.1 Å². The minimum atomic E-state index is -0.360. The Morgan fingerprint density at radius 1 is 0.803 bits per heavy atom. The average molecular weight is 884 g/mol. The lowest BCUT2D eigenvalue weighted by molar-refractivity contribution is -0.131. The molecule has 6 aromatic rings. The van der Waals surface area contributed by atoms with E-state index in [1.165, 1.54) is 23.3 Å². The van der Waals surface area contributed by atoms with Gasteiger partial charge in [0.2, 0.25) is 5.91 Å². The summed E-state index contributed by atoms with van der Waals surface area (Å²) in [5.74, 6) is -0.368. The van der Waals surface area contributed by atoms with Crippen LogP contribution in [-0.4, -0.2) is 92.1 Å². The van der Waals surface area contributed by atoms with Crippen molar-refractivity contribution in [2.24, 2.45) is 14.1 Å². The van der Waals surface area contributed by atoms with Gasteiger partial charge in [-0.1, -0.05) is 48.5 Å². The molecule has 5 heterocycles. The molecule has 4 aromatic carbocycles. The fourth-order valence-electron chi connectivity index (χ4n) is 9.98. The number of aromatic hydroxyl groups is 1. The third-order valence-electron chi connectivity index (χ3n) is 14.1. The first-order valence-electron chi connectivity index (χ1n) is 22.9. The first kappa shape index (κ1) is 44.3. The number of phenolic OH excluding ortho intramolecular Hbond substituents is 1. The number of ether oxygens (including phenoxy) is 1. The van der Waals surface area contributed by atoms with Gasteiger partial charge in [-0.2, -0.15) is 5.26 Å². The van der Waals surface area contributed by atoms with Gasteiger partial charge in [0.1, 0.15) is 17.5 Å². The molecule has 3 aliphatic rings. The molecule has 0 radical (unpaired) electrons. The molecule has 12 heteroatoms. The number of fused-ring (bicyclic) bond motifs is 2. The Balaban J connectivity index is 1.10. The molecular weight excluding hydrogens is 827 g/mol. The van der Waals surface area contributed by atoms with Crippen LogP contribution in [0.3, 0.4) is 0 Å². The zero-order valence-electron chi connectivity index (χ0n) is 38.5. The molecule has 0 bridgehead atoms. The summed E-state index contributed by atoms with van der Waals surface area (Å²) in [4.78, 5) is 50.4. The number of hydrogen-bond donors (Lipinski definition) is 2. The molecule has 66 heavy (non-hydrogen) atoms. The maximum atomic E-state index is 15.4. The van der Waals surface area contributed by atoms with E-state index >= 15 is 4.79 Å². The number of nitrogens with one attached hydrogen (secondary N) is 1. The quantitative estimate of drug-likeness (QED) is 0.135. The van der Waals surface area contributed by atoms with Gasteiger partial charge >= 0.3 is 0 Å². The topological polar surface area (TPSA) is 136 Å². The SMILES string of the molecule is Cc1c(-c2c(C(=O)Nc3ccc(O)cc3)c(C)n(C)c2-c2cc3c(cc2C(=O)N2Cc4ccccc4C[C@H]2C)CN(C(=O)Cc2ccc(CCN4CCOCC4)cc2)CC3)cc(C#N)n1C. The van der Waals surface area contributed by atoms with Crippen molar-refractivity contribution in [3.05, 3.63) is 153 Å². The fourth-order valence-corrected chi connectivity index (χ4v) is 9.98. The van der Waals surface area contributed by atoms with Crippen LogP contribution in [0.25, 0.3) is 22.4 Å². The van der Waals surface area contributed by atoms with Crippen LogP contribution < -0.4 is 5.32 Å². The van der Waals surface area contributed by atoms with Crippen molar-refractivity contribution in [3.63, 3.8) is 0 Å². The van der Waals surface area contributed by atoms with E-state index in [1.807, 2.05) is 71.1 Å². The number of hydrogen-bond acceptors (Lipinski definition) is 7. The van der Waals surface area contributed by atoms with Gasteiger partial charge in [-0.25, -0.2) is 0 Å². The molecular formula is C54H57N7O5. The Kier molecular flexibility index (Phi) is 12.4. The second-order valence-electron chi connectivity index (χ2n) is 18.1. The molecule has 12 nitrogen and oxygen atoms in total. The number of carbonyl (C=O) groups excluding carboxylic acids is 3. The summed E-state index contributed by atoms with van der Waals surface area (Å²) < 4.78 is 9.30. The highest BCUT2D eigenvalue weighted by molar-refractivity contribution is 6.14. The van der Waals surface area contributed by atoms with E-state index in [1.54, 1.807) is 12.1 Å². The van der Waals surface area contributed by atoms with E-state index in [0.29, 0.717) is 76.6 Å². The molecule has 338 valence electrons. The van der Waals surface area contributed by atoms with Gasteiger partial charge in [-0.15, -0.1) is 0 Å². The summed E-state index contributed by atoms with van der Waals surface area (Å²) in [6.45, 7) is 11.7. The van der Waals surface area contributed by atoms with Gasteiger partial charge in [-0.05, 0) is 116 Å². The number of aromatic nitrogens is 2. The Morgan fingerprint density at radius 3 is 2.23 bits per heavy atom. The van der Waals surface area contributed by atoms with E-state index in [2.05, 4.69) is 65.7 Å². The summed E-state index contributed by atoms with van der Waals surface area (Å²) in [5, 5.41) is 23.2. The molecule has 1 saturated heterocycles. The van der Waals surface area contributed by atoms with E-state index in [0.717, 1.165) is 73.6 Å². The predicted octanol–water partition coefficient (Wildman–Crippen LogP) is 7.73. The van der Waals surface area contributed by atoms with Crippen LogP contribution in [-0.2, 0) is 62.4 Å². The Hall–Kier alpha value is -6.94. The monoisotopic (exact) mass is 883 g/mol. The van der Waals surface area contributed by atoms with E-state index < -0.39 is 0 Å². The minimum absolute atomic E-state index is 0.0393. The molecule has 0 saturated carbocycles. The molecule has 2 N–H and O–H groups in total. The molecule has 1 atom stereocenters. The van der Waals surface area contributed by atoms with Gasteiger partial charge in [-0.3, -0.25) is 19.3 Å². The summed E-state index contributed by atoms with van der Waals surface area (Å²) in [6.07, 6.45) is 2.55. The highest BCUT2D eigenvalue weighted by Gasteiger charge is 2.35. The van der Waals surface area contributed by atoms with Crippen LogP contribution >= 0.6 is 0 Å². The van der Waals surface area contributed by atoms with E-state index in [-0.39, 0.29) is 35.9 Å². The number of nitriles is 1. The van der Waals surface area contributed by atoms with Gasteiger partial charge in [0, 0.05) is 98.7 Å². The van der Waals surface area contributed by atoms with Crippen LogP contribution in [0, 0.1) is 25.2 Å². The minimum Gasteiger partial charge on any atom is -0.508 e. The van der Waals surface area contributed by atoms with Crippen molar-refractivity contribution in [3.8, 4) is 34.2 Å². The first-order valence-corrected chi connectivity index (χ1v) is 22.9. The molecule has 2 aromatic heterocycles. The van der Waals surface area contributed by atoms with Crippen LogP contribution in [0.5, 0.6) is 5.75 Å². The summed E-state index contributed by atoms with van der Waals surface area (Å²) in [5.41, 5.74) is 12.5. The van der Waals surface area contributed by atoms with Crippen LogP contribution in [0.4, 0.5) is 5.69 Å². The Bertz CT molecular complexity index is 2880. The van der Waals surface area contributed by atoms with Crippen molar-refractivity contribution in [1.29, 1.82) is 5.26 Å². The number of amides is 3. The van der Waals surface area contributed by atoms with Crippen molar-refractivity contribution in [2.45, 2.75) is 65.6 Å². The normalized spacial score (nSPS) is 16.1. The van der Waals surface area contributed by atoms with Crippen molar-refractivity contribution in [1.82, 2.24) is 23.8 Å².